The van der Waals surface area contributed by atoms with E-state index in [4.69, 9.17) is 0 Å². The van der Waals surface area contributed by atoms with Crippen molar-refractivity contribution in [3.05, 3.63) is 23.8 Å². The van der Waals surface area contributed by atoms with Crippen LogP contribution in [0.3, 0.4) is 0 Å². The summed E-state index contributed by atoms with van der Waals surface area (Å²) in [6.45, 7) is 4.79. The number of amides is 4. The van der Waals surface area contributed by atoms with Gasteiger partial charge in [0.2, 0.25) is 11.8 Å². The molecule has 2 aliphatic heterocycles. The van der Waals surface area contributed by atoms with Crippen LogP contribution in [0.4, 0.5) is 16.2 Å². The van der Waals surface area contributed by atoms with E-state index in [9.17, 15) is 14.4 Å². The summed E-state index contributed by atoms with van der Waals surface area (Å²) in [6.07, 6.45) is 2.31. The van der Waals surface area contributed by atoms with E-state index in [-0.39, 0.29) is 24.3 Å². The third-order valence-corrected chi connectivity index (χ3v) is 5.24. The zero-order chi connectivity index (χ0) is 19.4. The summed E-state index contributed by atoms with van der Waals surface area (Å²) in [5.74, 6) is -0.579. The van der Waals surface area contributed by atoms with Crippen LogP contribution in [0.5, 0.6) is 0 Å². The molecule has 8 nitrogen and oxygen atoms in total. The van der Waals surface area contributed by atoms with Crippen LogP contribution in [0.25, 0.3) is 0 Å². The Bertz CT molecular complexity index is 730. The standard InChI is InChI=1S/C19H27N5O3/c1-13-14(6-5-7-15(13)23-9-3-4-10-23)22-19(27)24-11-8-21-18(26)16(24)12-17(25)20-2/h5-7,16H,3-4,8-12H2,1-2H3,(H,20,25)(H,21,26)(H,22,27)/t16-/m1/s1. The number of hydrogen-bond acceptors (Lipinski definition) is 4. The van der Waals surface area contributed by atoms with E-state index in [0.717, 1.165) is 30.0 Å². The molecule has 0 aliphatic carbocycles. The quantitative estimate of drug-likeness (QED) is 0.736. The molecule has 2 saturated heterocycles. The highest BCUT2D eigenvalue weighted by Gasteiger charge is 2.34. The maximum absolute atomic E-state index is 12.9. The second-order valence-corrected chi connectivity index (χ2v) is 6.95. The van der Waals surface area contributed by atoms with Crippen LogP contribution in [0.15, 0.2) is 18.2 Å². The van der Waals surface area contributed by atoms with Gasteiger partial charge in [-0.2, -0.15) is 0 Å². The van der Waals surface area contributed by atoms with E-state index >= 15 is 0 Å². The highest BCUT2D eigenvalue weighted by atomic mass is 16.2. The maximum atomic E-state index is 12.9. The number of urea groups is 1. The van der Waals surface area contributed by atoms with Crippen molar-refractivity contribution in [2.45, 2.75) is 32.2 Å². The van der Waals surface area contributed by atoms with Crippen LogP contribution in [0, 0.1) is 6.92 Å². The van der Waals surface area contributed by atoms with Gasteiger partial charge >= 0.3 is 6.03 Å². The molecule has 1 aromatic rings. The Morgan fingerprint density at radius 3 is 2.67 bits per heavy atom. The molecule has 0 saturated carbocycles. The molecule has 8 heteroatoms. The third kappa shape index (κ3) is 4.15. The first-order valence-electron chi connectivity index (χ1n) is 9.41. The number of anilines is 2. The van der Waals surface area contributed by atoms with Crippen molar-refractivity contribution in [1.82, 2.24) is 15.5 Å². The molecule has 27 heavy (non-hydrogen) atoms. The lowest BCUT2D eigenvalue weighted by Gasteiger charge is -2.34. The SMILES string of the molecule is CNC(=O)C[C@@H]1C(=O)NCCN1C(=O)Nc1cccc(N2CCCC2)c1C. The Morgan fingerprint density at radius 1 is 1.22 bits per heavy atom. The number of carbonyl (C=O) groups is 3. The molecule has 3 N–H and O–H groups in total. The minimum absolute atomic E-state index is 0.0530. The van der Waals surface area contributed by atoms with Crippen molar-refractivity contribution < 1.29 is 14.4 Å². The first-order valence-corrected chi connectivity index (χ1v) is 9.41. The van der Waals surface area contributed by atoms with Crippen molar-refractivity contribution in [1.29, 1.82) is 0 Å². The van der Waals surface area contributed by atoms with Crippen molar-refractivity contribution in [2.75, 3.05) is 43.4 Å². The fourth-order valence-electron chi connectivity index (χ4n) is 3.68. The number of nitrogens with zero attached hydrogens (tertiary/aromatic N) is 2. The monoisotopic (exact) mass is 373 g/mol. The molecule has 3 rings (SSSR count). The van der Waals surface area contributed by atoms with Gasteiger partial charge in [0.1, 0.15) is 6.04 Å². The van der Waals surface area contributed by atoms with E-state index in [0.29, 0.717) is 13.1 Å². The Hall–Kier alpha value is -2.77. The molecule has 1 atom stereocenters. The van der Waals surface area contributed by atoms with E-state index in [1.165, 1.54) is 24.8 Å². The molecule has 2 heterocycles. The van der Waals surface area contributed by atoms with Gasteiger partial charge in [-0.05, 0) is 37.5 Å². The van der Waals surface area contributed by atoms with Gasteiger partial charge in [0, 0.05) is 44.6 Å². The number of benzene rings is 1. The Labute approximate surface area is 159 Å². The van der Waals surface area contributed by atoms with Gasteiger partial charge in [-0.3, -0.25) is 9.59 Å². The molecule has 0 bridgehead atoms. The highest BCUT2D eigenvalue weighted by Crippen LogP contribution is 2.29. The first kappa shape index (κ1) is 19.0. The van der Waals surface area contributed by atoms with Gasteiger partial charge in [-0.25, -0.2) is 4.79 Å². The lowest BCUT2D eigenvalue weighted by atomic mass is 10.1. The fraction of sp³-hybridized carbons (Fsp3) is 0.526. The first-order chi connectivity index (χ1) is 13.0. The average Bonchev–Trinajstić information content (AvgIpc) is 3.19. The molecular weight excluding hydrogens is 346 g/mol. The molecule has 0 spiro atoms. The number of hydrogen-bond donors (Lipinski definition) is 3. The largest absolute Gasteiger partial charge is 0.371 e. The summed E-state index contributed by atoms with van der Waals surface area (Å²) >= 11 is 0. The molecule has 2 aliphatic rings. The molecule has 2 fully saturated rings. The van der Waals surface area contributed by atoms with Crippen LogP contribution < -0.4 is 20.9 Å². The second kappa shape index (κ2) is 8.28. The summed E-state index contributed by atoms with van der Waals surface area (Å²) < 4.78 is 0. The summed E-state index contributed by atoms with van der Waals surface area (Å²) in [5.41, 5.74) is 2.87. The third-order valence-electron chi connectivity index (χ3n) is 5.24. The minimum atomic E-state index is -0.805. The van der Waals surface area contributed by atoms with E-state index in [2.05, 4.69) is 26.9 Å². The summed E-state index contributed by atoms with van der Waals surface area (Å²) in [5, 5.41) is 8.16. The molecule has 0 radical (unpaired) electrons. The van der Waals surface area contributed by atoms with Crippen LogP contribution in [0.1, 0.15) is 24.8 Å². The summed E-state index contributed by atoms with van der Waals surface area (Å²) in [4.78, 5) is 40.6. The van der Waals surface area contributed by atoms with E-state index in [1.54, 1.807) is 0 Å². The highest BCUT2D eigenvalue weighted by molar-refractivity contribution is 5.97. The van der Waals surface area contributed by atoms with Gasteiger partial charge in [0.15, 0.2) is 0 Å². The predicted molar refractivity (Wildman–Crippen MR) is 104 cm³/mol. The van der Waals surface area contributed by atoms with E-state index < -0.39 is 6.04 Å². The van der Waals surface area contributed by atoms with Gasteiger partial charge in [0.05, 0.1) is 6.42 Å². The number of carbonyl (C=O) groups excluding carboxylic acids is 3. The molecule has 0 aromatic heterocycles. The number of rotatable bonds is 4. The smallest absolute Gasteiger partial charge is 0.322 e. The summed E-state index contributed by atoms with van der Waals surface area (Å²) in [6, 6.07) is 4.70. The van der Waals surface area contributed by atoms with Gasteiger partial charge in [-0.15, -0.1) is 0 Å². The molecular formula is C19H27N5O3. The van der Waals surface area contributed by atoms with Gasteiger partial charge < -0.3 is 25.8 Å². The molecule has 4 amide bonds. The van der Waals surface area contributed by atoms with Crippen LogP contribution >= 0.6 is 0 Å². The number of nitrogens with one attached hydrogen (secondary N) is 3. The van der Waals surface area contributed by atoms with Crippen LogP contribution in [-0.4, -0.2) is 62.0 Å². The Balaban J connectivity index is 1.76. The lowest BCUT2D eigenvalue weighted by molar-refractivity contribution is -0.132. The van der Waals surface area contributed by atoms with Crippen molar-refractivity contribution in [3.8, 4) is 0 Å². The molecule has 1 aromatic carbocycles. The Kier molecular flexibility index (Phi) is 5.83. The topological polar surface area (TPSA) is 93.8 Å². The van der Waals surface area contributed by atoms with E-state index in [1.807, 2.05) is 19.1 Å². The van der Waals surface area contributed by atoms with Crippen molar-refractivity contribution in [2.24, 2.45) is 0 Å². The summed E-state index contributed by atoms with van der Waals surface area (Å²) in [7, 11) is 1.51. The minimum Gasteiger partial charge on any atom is -0.371 e. The van der Waals surface area contributed by atoms with Gasteiger partial charge in [0.25, 0.3) is 0 Å². The van der Waals surface area contributed by atoms with Crippen molar-refractivity contribution >= 4 is 29.2 Å². The predicted octanol–water partition coefficient (Wildman–Crippen LogP) is 1.06. The van der Waals surface area contributed by atoms with Crippen molar-refractivity contribution in [3.63, 3.8) is 0 Å². The van der Waals surface area contributed by atoms with Gasteiger partial charge in [-0.1, -0.05) is 6.07 Å². The molecule has 146 valence electrons. The average molecular weight is 373 g/mol. The van der Waals surface area contributed by atoms with Crippen LogP contribution in [0.2, 0.25) is 0 Å². The maximum Gasteiger partial charge on any atom is 0.322 e. The normalized spacial score (nSPS) is 19.6. The number of piperazine rings is 1. The Morgan fingerprint density at radius 2 is 1.96 bits per heavy atom. The second-order valence-electron chi connectivity index (χ2n) is 6.95. The van der Waals surface area contributed by atoms with Crippen LogP contribution in [-0.2, 0) is 9.59 Å². The lowest BCUT2D eigenvalue weighted by Crippen LogP contribution is -2.59. The zero-order valence-corrected chi connectivity index (χ0v) is 15.9. The fourth-order valence-corrected chi connectivity index (χ4v) is 3.68. The molecule has 0 unspecified atom stereocenters. The zero-order valence-electron chi connectivity index (χ0n) is 15.9.